The number of aromatic nitrogens is 2. The van der Waals surface area contributed by atoms with Gasteiger partial charge >= 0.3 is 0 Å². The number of hydrogen-bond donors (Lipinski definition) is 4. The Morgan fingerprint density at radius 2 is 1.95 bits per heavy atom. The lowest BCUT2D eigenvalue weighted by Gasteiger charge is -2.35. The van der Waals surface area contributed by atoms with Gasteiger partial charge in [0.1, 0.15) is 11.9 Å². The third-order valence-corrected chi connectivity index (χ3v) is 8.20. The SMILES string of the molecule is CCN1CCC(N(N)/C=C(\N)C(Nc2cc(Cl)c3ncc(C#N)c(Nc4ccc(F)c(Cl)c4)c3c2)c2cccnc2)CC1. The third-order valence-electron chi connectivity index (χ3n) is 7.62. The molecule has 0 bridgehead atoms. The summed E-state index contributed by atoms with van der Waals surface area (Å²) in [5.41, 5.74) is 10.4. The van der Waals surface area contributed by atoms with Gasteiger partial charge in [0.05, 0.1) is 38.6 Å². The maximum absolute atomic E-state index is 13.8. The topological polar surface area (TPSA) is 132 Å². The number of nitrogens with one attached hydrogen (secondary N) is 2. The van der Waals surface area contributed by atoms with Crippen molar-refractivity contribution in [1.29, 1.82) is 5.26 Å². The standard InChI is InChI=1S/C31H32Cl2FN9/c1-2-42-10-7-23(8-11-42)43(37)18-28(36)30(19-4-3-9-38-16-19)41-22-12-24-29(40-21-5-6-27(34)25(32)13-21)20(15-35)17-39-31(24)26(33)14-22/h3-6,9,12-14,16-18,23,30,41H,2,7-8,10-11,36-37H2,1H3,(H,39,40)/b28-18-. The molecule has 1 aliphatic heterocycles. The number of nitrogens with two attached hydrogens (primary N) is 2. The number of hydrazine groups is 1. The fourth-order valence-electron chi connectivity index (χ4n) is 5.24. The molecule has 12 heteroatoms. The zero-order valence-electron chi connectivity index (χ0n) is 23.6. The lowest BCUT2D eigenvalue weighted by molar-refractivity contribution is 0.146. The van der Waals surface area contributed by atoms with E-state index in [1.165, 1.54) is 24.4 Å². The number of benzene rings is 2. The molecule has 2 aromatic carbocycles. The molecule has 1 fully saturated rings. The van der Waals surface area contributed by atoms with Crippen LogP contribution >= 0.6 is 23.2 Å². The first-order chi connectivity index (χ1) is 20.8. The van der Waals surface area contributed by atoms with Crippen molar-refractivity contribution < 1.29 is 4.39 Å². The highest BCUT2D eigenvalue weighted by Crippen LogP contribution is 2.37. The van der Waals surface area contributed by atoms with Crippen LogP contribution < -0.4 is 22.2 Å². The predicted molar refractivity (Wildman–Crippen MR) is 170 cm³/mol. The number of piperidine rings is 1. The fourth-order valence-corrected chi connectivity index (χ4v) is 5.69. The molecular weight excluding hydrogens is 588 g/mol. The Morgan fingerprint density at radius 1 is 1.19 bits per heavy atom. The van der Waals surface area contributed by atoms with Gasteiger partial charge < -0.3 is 26.3 Å². The Hall–Kier alpha value is -4.14. The molecule has 2 aromatic heterocycles. The van der Waals surface area contributed by atoms with Crippen molar-refractivity contribution in [2.75, 3.05) is 30.3 Å². The average molecular weight is 621 g/mol. The minimum atomic E-state index is -0.545. The zero-order chi connectivity index (χ0) is 30.5. The van der Waals surface area contributed by atoms with Crippen LogP contribution in [-0.2, 0) is 0 Å². The van der Waals surface area contributed by atoms with Crippen LogP contribution in [-0.4, -0.2) is 45.6 Å². The van der Waals surface area contributed by atoms with E-state index >= 15 is 0 Å². The normalized spacial score (nSPS) is 15.2. The Morgan fingerprint density at radius 3 is 2.63 bits per heavy atom. The predicted octanol–water partition coefficient (Wildman–Crippen LogP) is 6.30. The Kier molecular flexibility index (Phi) is 9.48. The summed E-state index contributed by atoms with van der Waals surface area (Å²) in [5.74, 6) is 5.96. The smallest absolute Gasteiger partial charge is 0.141 e. The Bertz CT molecular complexity index is 1670. The second-order valence-corrected chi connectivity index (χ2v) is 11.2. The monoisotopic (exact) mass is 619 g/mol. The number of nitriles is 1. The van der Waals surface area contributed by atoms with Crippen molar-refractivity contribution in [1.82, 2.24) is 19.9 Å². The van der Waals surface area contributed by atoms with Crippen LogP contribution in [0.1, 0.15) is 36.9 Å². The number of pyridine rings is 2. The average Bonchev–Trinajstić information content (AvgIpc) is 3.02. The van der Waals surface area contributed by atoms with Crippen molar-refractivity contribution >= 4 is 51.2 Å². The molecule has 1 atom stereocenters. The van der Waals surface area contributed by atoms with Crippen molar-refractivity contribution in [3.8, 4) is 6.07 Å². The van der Waals surface area contributed by atoms with Crippen molar-refractivity contribution in [3.05, 3.63) is 99.9 Å². The van der Waals surface area contributed by atoms with E-state index in [9.17, 15) is 9.65 Å². The summed E-state index contributed by atoms with van der Waals surface area (Å²) >= 11 is 12.7. The van der Waals surface area contributed by atoms with E-state index in [4.69, 9.17) is 34.8 Å². The lowest BCUT2D eigenvalue weighted by atomic mass is 10.0. The molecule has 9 nitrogen and oxygen atoms in total. The van der Waals surface area contributed by atoms with E-state index < -0.39 is 11.9 Å². The van der Waals surface area contributed by atoms with Crippen molar-refractivity contribution in [2.24, 2.45) is 11.6 Å². The zero-order valence-corrected chi connectivity index (χ0v) is 25.1. The summed E-state index contributed by atoms with van der Waals surface area (Å²) in [4.78, 5) is 11.1. The number of fused-ring (bicyclic) bond motifs is 1. The van der Waals surface area contributed by atoms with Gasteiger partial charge in [-0.1, -0.05) is 36.2 Å². The van der Waals surface area contributed by atoms with Crippen LogP contribution in [0.25, 0.3) is 10.9 Å². The van der Waals surface area contributed by atoms with E-state index in [1.54, 1.807) is 29.7 Å². The van der Waals surface area contributed by atoms with Gasteiger partial charge in [0.2, 0.25) is 0 Å². The van der Waals surface area contributed by atoms with Crippen molar-refractivity contribution in [3.63, 3.8) is 0 Å². The van der Waals surface area contributed by atoms with Crippen LogP contribution in [0.5, 0.6) is 0 Å². The highest BCUT2D eigenvalue weighted by atomic mass is 35.5. The highest BCUT2D eigenvalue weighted by Gasteiger charge is 2.23. The molecule has 1 saturated heterocycles. The molecular formula is C31H32Cl2FN9. The summed E-state index contributed by atoms with van der Waals surface area (Å²) in [5, 5.41) is 19.1. The second kappa shape index (κ2) is 13.4. The molecule has 0 saturated carbocycles. The molecule has 0 radical (unpaired) electrons. The van der Waals surface area contributed by atoms with Gasteiger partial charge in [0.25, 0.3) is 0 Å². The van der Waals surface area contributed by atoms with Crippen LogP contribution in [0, 0.1) is 17.1 Å². The van der Waals surface area contributed by atoms with Crippen LogP contribution in [0.2, 0.25) is 10.0 Å². The first-order valence-corrected chi connectivity index (χ1v) is 14.7. The van der Waals surface area contributed by atoms with Gasteiger partial charge in [0, 0.05) is 60.7 Å². The van der Waals surface area contributed by atoms with Gasteiger partial charge in [-0.25, -0.2) is 10.2 Å². The highest BCUT2D eigenvalue weighted by molar-refractivity contribution is 6.36. The van der Waals surface area contributed by atoms with Gasteiger partial charge in [0.15, 0.2) is 0 Å². The molecule has 1 aliphatic rings. The molecule has 222 valence electrons. The quantitative estimate of drug-likeness (QED) is 0.126. The van der Waals surface area contributed by atoms with E-state index in [1.807, 2.05) is 18.2 Å². The summed E-state index contributed by atoms with van der Waals surface area (Å²) < 4.78 is 13.8. The molecule has 3 heterocycles. The summed E-state index contributed by atoms with van der Waals surface area (Å²) in [7, 11) is 0. The molecule has 0 aliphatic carbocycles. The van der Waals surface area contributed by atoms with Crippen LogP contribution in [0.4, 0.5) is 21.5 Å². The molecule has 0 spiro atoms. The number of anilines is 3. The van der Waals surface area contributed by atoms with Gasteiger partial charge in [-0.15, -0.1) is 0 Å². The molecule has 1 unspecified atom stereocenters. The Balaban J connectivity index is 1.51. The van der Waals surface area contributed by atoms with Gasteiger partial charge in [-0.2, -0.15) is 5.26 Å². The van der Waals surface area contributed by atoms with E-state index in [0.717, 1.165) is 38.0 Å². The number of likely N-dealkylation sites (tertiary alicyclic amines) is 1. The van der Waals surface area contributed by atoms with Gasteiger partial charge in [-0.05, 0) is 61.3 Å². The maximum Gasteiger partial charge on any atom is 0.141 e. The van der Waals surface area contributed by atoms with E-state index in [2.05, 4.69) is 38.5 Å². The van der Waals surface area contributed by atoms with Crippen LogP contribution in [0.15, 0.2) is 73.0 Å². The largest absolute Gasteiger partial charge is 0.399 e. The lowest BCUT2D eigenvalue weighted by Crippen LogP contribution is -2.46. The number of hydrogen-bond acceptors (Lipinski definition) is 9. The number of nitrogens with zero attached hydrogens (tertiary/aromatic N) is 5. The maximum atomic E-state index is 13.8. The van der Waals surface area contributed by atoms with Gasteiger partial charge in [-0.3, -0.25) is 9.97 Å². The van der Waals surface area contributed by atoms with E-state index in [-0.39, 0.29) is 16.6 Å². The molecule has 4 aromatic rings. The molecule has 43 heavy (non-hydrogen) atoms. The Labute approximate surface area is 259 Å². The minimum Gasteiger partial charge on any atom is -0.399 e. The summed E-state index contributed by atoms with van der Waals surface area (Å²) in [6.45, 7) is 5.16. The summed E-state index contributed by atoms with van der Waals surface area (Å²) in [6, 6.07) is 13.4. The fraction of sp³-hybridized carbons (Fsp3) is 0.258. The second-order valence-electron chi connectivity index (χ2n) is 10.4. The molecule has 0 amide bonds. The third kappa shape index (κ3) is 6.92. The van der Waals surface area contributed by atoms with Crippen LogP contribution in [0.3, 0.4) is 0 Å². The molecule has 5 rings (SSSR count). The van der Waals surface area contributed by atoms with Crippen molar-refractivity contribution in [2.45, 2.75) is 31.8 Å². The number of rotatable bonds is 9. The minimum absolute atomic E-state index is 0.0475. The number of halogens is 3. The first-order valence-electron chi connectivity index (χ1n) is 13.9. The summed E-state index contributed by atoms with van der Waals surface area (Å²) in [6.07, 6.45) is 8.54. The first kappa shape index (κ1) is 30.3. The molecule has 6 N–H and O–H groups in total. The van der Waals surface area contributed by atoms with E-state index in [0.29, 0.717) is 38.7 Å².